The normalized spacial score (nSPS) is 27.1. The molecule has 2 aromatic rings. The Hall–Kier alpha value is -1.52. The molecule has 2 bridgehead atoms. The van der Waals surface area contributed by atoms with Gasteiger partial charge in [0, 0.05) is 29.1 Å². The van der Waals surface area contributed by atoms with Crippen molar-refractivity contribution in [3.8, 4) is 0 Å². The van der Waals surface area contributed by atoms with Gasteiger partial charge in [-0.3, -0.25) is 4.79 Å². The number of benzene rings is 1. The fourth-order valence-corrected chi connectivity index (χ4v) is 4.91. The predicted molar refractivity (Wildman–Crippen MR) is 100 cm³/mol. The van der Waals surface area contributed by atoms with Crippen LogP contribution in [0.15, 0.2) is 22.8 Å². The summed E-state index contributed by atoms with van der Waals surface area (Å²) >= 11 is 0. The summed E-state index contributed by atoms with van der Waals surface area (Å²) < 4.78 is 5.72. The number of piperidine rings is 1. The molecule has 0 spiro atoms. The van der Waals surface area contributed by atoms with E-state index in [9.17, 15) is 4.79 Å². The molecule has 134 valence electrons. The van der Waals surface area contributed by atoms with Crippen LogP contribution < -0.4 is 10.6 Å². The Morgan fingerprint density at radius 3 is 2.64 bits per heavy atom. The van der Waals surface area contributed by atoms with Crippen molar-refractivity contribution in [2.45, 2.75) is 69.5 Å². The van der Waals surface area contributed by atoms with Gasteiger partial charge in [-0.05, 0) is 68.2 Å². The summed E-state index contributed by atoms with van der Waals surface area (Å²) in [4.78, 5) is 12.5. The molecule has 2 atom stereocenters. The molecule has 5 heteroatoms. The monoisotopic (exact) mass is 360 g/mol. The minimum absolute atomic E-state index is 0. The minimum Gasteiger partial charge on any atom is -0.464 e. The highest BCUT2D eigenvalue weighted by molar-refractivity contribution is 5.88. The predicted octanol–water partition coefficient (Wildman–Crippen LogP) is 3.29. The number of carbonyl (C=O) groups is 1. The van der Waals surface area contributed by atoms with Crippen molar-refractivity contribution in [2.24, 2.45) is 0 Å². The maximum Gasteiger partial charge on any atom is 0.224 e. The Kier molecular flexibility index (Phi) is 4.50. The number of fused-ring (bicyclic) bond motifs is 4. The van der Waals surface area contributed by atoms with Gasteiger partial charge in [0.1, 0.15) is 5.58 Å². The average Bonchev–Trinajstić information content (AvgIpc) is 3.25. The van der Waals surface area contributed by atoms with E-state index >= 15 is 0 Å². The first kappa shape index (κ1) is 16.9. The zero-order valence-electron chi connectivity index (χ0n) is 14.3. The first-order chi connectivity index (χ1) is 11.7. The van der Waals surface area contributed by atoms with Gasteiger partial charge in [0.25, 0.3) is 0 Å². The van der Waals surface area contributed by atoms with E-state index in [2.05, 4.69) is 22.8 Å². The van der Waals surface area contributed by atoms with Crippen molar-refractivity contribution >= 4 is 29.3 Å². The molecule has 2 fully saturated rings. The number of hydrogen-bond acceptors (Lipinski definition) is 3. The molecule has 2 N–H and O–H groups in total. The van der Waals surface area contributed by atoms with Crippen LogP contribution in [-0.2, 0) is 24.1 Å². The molecule has 2 saturated heterocycles. The van der Waals surface area contributed by atoms with Gasteiger partial charge in [0.05, 0.1) is 12.7 Å². The van der Waals surface area contributed by atoms with Crippen LogP contribution in [0.4, 0.5) is 0 Å². The van der Waals surface area contributed by atoms with Crippen molar-refractivity contribution in [1.82, 2.24) is 10.6 Å². The molecule has 3 heterocycles. The van der Waals surface area contributed by atoms with Crippen molar-refractivity contribution in [1.29, 1.82) is 0 Å². The molecule has 1 aromatic carbocycles. The van der Waals surface area contributed by atoms with Gasteiger partial charge < -0.3 is 15.1 Å². The fraction of sp³-hybridized carbons (Fsp3) is 0.550. The van der Waals surface area contributed by atoms with Gasteiger partial charge >= 0.3 is 0 Å². The summed E-state index contributed by atoms with van der Waals surface area (Å²) in [5, 5.41) is 8.00. The molecule has 1 aliphatic carbocycles. The maximum absolute atomic E-state index is 12.5. The van der Waals surface area contributed by atoms with Crippen LogP contribution in [0.25, 0.3) is 11.0 Å². The van der Waals surface area contributed by atoms with E-state index in [1.807, 2.05) is 0 Å². The van der Waals surface area contributed by atoms with Crippen LogP contribution in [0.2, 0.25) is 0 Å². The van der Waals surface area contributed by atoms with Gasteiger partial charge in [-0.25, -0.2) is 0 Å². The largest absolute Gasteiger partial charge is 0.464 e. The summed E-state index contributed by atoms with van der Waals surface area (Å²) in [6.45, 7) is 0. The lowest BCUT2D eigenvalue weighted by atomic mass is 9.99. The number of furan rings is 1. The molecule has 5 rings (SSSR count). The quantitative estimate of drug-likeness (QED) is 0.883. The van der Waals surface area contributed by atoms with Crippen molar-refractivity contribution in [3.63, 3.8) is 0 Å². The van der Waals surface area contributed by atoms with Gasteiger partial charge in [-0.15, -0.1) is 12.4 Å². The van der Waals surface area contributed by atoms with E-state index in [0.717, 1.165) is 42.2 Å². The lowest BCUT2D eigenvalue weighted by Crippen LogP contribution is -2.48. The van der Waals surface area contributed by atoms with Gasteiger partial charge in [-0.2, -0.15) is 0 Å². The minimum atomic E-state index is 0. The van der Waals surface area contributed by atoms with Crippen LogP contribution in [0.1, 0.15) is 48.8 Å². The molecule has 0 radical (unpaired) electrons. The van der Waals surface area contributed by atoms with E-state index in [0.29, 0.717) is 24.5 Å². The van der Waals surface area contributed by atoms with E-state index in [1.165, 1.54) is 30.4 Å². The third-order valence-electron chi connectivity index (χ3n) is 6.06. The zero-order chi connectivity index (χ0) is 16.1. The zero-order valence-corrected chi connectivity index (χ0v) is 15.2. The van der Waals surface area contributed by atoms with E-state index < -0.39 is 0 Å². The number of nitrogens with one attached hydrogen (secondary N) is 2. The number of aryl methyl sites for hydroxylation is 2. The molecule has 3 aliphatic rings. The molecule has 0 saturated carbocycles. The average molecular weight is 361 g/mol. The van der Waals surface area contributed by atoms with Crippen molar-refractivity contribution < 1.29 is 9.21 Å². The van der Waals surface area contributed by atoms with E-state index in [1.54, 1.807) is 6.26 Å². The highest BCUT2D eigenvalue weighted by atomic mass is 35.5. The van der Waals surface area contributed by atoms with Crippen molar-refractivity contribution in [2.75, 3.05) is 0 Å². The van der Waals surface area contributed by atoms with E-state index in [-0.39, 0.29) is 18.3 Å². The summed E-state index contributed by atoms with van der Waals surface area (Å²) in [7, 11) is 0. The number of rotatable bonds is 3. The first-order valence-electron chi connectivity index (χ1n) is 9.32. The Morgan fingerprint density at radius 1 is 1.16 bits per heavy atom. The lowest BCUT2D eigenvalue weighted by Gasteiger charge is -2.29. The van der Waals surface area contributed by atoms with Crippen LogP contribution in [0.3, 0.4) is 0 Å². The lowest BCUT2D eigenvalue weighted by molar-refractivity contribution is -0.121. The number of hydrogen-bond donors (Lipinski definition) is 2. The molecule has 2 aliphatic heterocycles. The van der Waals surface area contributed by atoms with Crippen LogP contribution in [-0.4, -0.2) is 24.0 Å². The summed E-state index contributed by atoms with van der Waals surface area (Å²) in [5.74, 6) is 0.129. The topological polar surface area (TPSA) is 54.3 Å². The van der Waals surface area contributed by atoms with Crippen LogP contribution >= 0.6 is 12.4 Å². The third kappa shape index (κ3) is 3.18. The van der Waals surface area contributed by atoms with Gasteiger partial charge in [0.15, 0.2) is 0 Å². The maximum atomic E-state index is 12.5. The molecular formula is C20H25ClN2O2. The molecule has 4 nitrogen and oxygen atoms in total. The fourth-order valence-electron chi connectivity index (χ4n) is 4.91. The molecule has 25 heavy (non-hydrogen) atoms. The molecular weight excluding hydrogens is 336 g/mol. The van der Waals surface area contributed by atoms with Gasteiger partial charge in [-0.1, -0.05) is 0 Å². The first-order valence-corrected chi connectivity index (χ1v) is 9.32. The van der Waals surface area contributed by atoms with Crippen LogP contribution in [0, 0.1) is 0 Å². The Labute approximate surface area is 154 Å². The Balaban J connectivity index is 0.00000157. The third-order valence-corrected chi connectivity index (χ3v) is 6.06. The number of halogens is 1. The smallest absolute Gasteiger partial charge is 0.224 e. The van der Waals surface area contributed by atoms with E-state index in [4.69, 9.17) is 4.42 Å². The summed E-state index contributed by atoms with van der Waals surface area (Å²) in [6, 6.07) is 5.95. The molecule has 1 amide bonds. The second-order valence-electron chi connectivity index (χ2n) is 7.78. The number of amides is 1. The van der Waals surface area contributed by atoms with Gasteiger partial charge in [0.2, 0.25) is 5.91 Å². The SMILES string of the molecule is Cl.O=C(Cc1coc2cc3c(cc12)CCC3)NC1CC2CCC(C1)N2. The standard InChI is InChI=1S/C20H24N2O2.ClH/c23-20(22-17-9-15-4-5-16(10-17)21-15)8-14-11-24-19-7-13-3-1-2-12(13)6-18(14)19;/h6-7,11,15-17,21H,1-5,8-10H2,(H,22,23);1H. The highest BCUT2D eigenvalue weighted by Crippen LogP contribution is 2.31. The molecule has 1 aromatic heterocycles. The second-order valence-corrected chi connectivity index (χ2v) is 7.78. The Bertz CT molecular complexity index is 788. The summed E-state index contributed by atoms with van der Waals surface area (Å²) in [6.07, 6.45) is 10.4. The van der Waals surface area contributed by atoms with Crippen molar-refractivity contribution in [3.05, 3.63) is 35.1 Å². The number of carbonyl (C=O) groups excluding carboxylic acids is 1. The molecule has 2 unspecified atom stereocenters. The highest BCUT2D eigenvalue weighted by Gasteiger charge is 2.34. The van der Waals surface area contributed by atoms with Crippen LogP contribution in [0.5, 0.6) is 0 Å². The summed E-state index contributed by atoms with van der Waals surface area (Å²) in [5.41, 5.74) is 4.80. The Morgan fingerprint density at radius 2 is 1.88 bits per heavy atom. The second kappa shape index (κ2) is 6.65.